The fourth-order valence-electron chi connectivity index (χ4n) is 1.03. The third kappa shape index (κ3) is 0.920. The van der Waals surface area contributed by atoms with Crippen molar-refractivity contribution in [1.82, 2.24) is 9.55 Å². The first kappa shape index (κ1) is 6.72. The molecule has 4 nitrogen and oxygen atoms in total. The lowest BCUT2D eigenvalue weighted by Gasteiger charge is -1.99. The van der Waals surface area contributed by atoms with Crippen LogP contribution in [0.15, 0.2) is 16.1 Å². The van der Waals surface area contributed by atoms with Crippen molar-refractivity contribution in [3.8, 4) is 0 Å². The minimum Gasteiger partial charge on any atom is -0.393 e. The first-order valence-electron chi connectivity index (χ1n) is 3.27. The van der Waals surface area contributed by atoms with E-state index in [1.54, 1.807) is 16.3 Å². The number of nitrogen functional groups attached to an aromatic ring is 1. The van der Waals surface area contributed by atoms with Crippen molar-refractivity contribution in [1.29, 1.82) is 0 Å². The molecule has 1 aliphatic rings. The van der Waals surface area contributed by atoms with Crippen LogP contribution in [-0.4, -0.2) is 15.3 Å². The Balaban J connectivity index is 2.72. The Labute approximate surface area is 67.4 Å². The van der Waals surface area contributed by atoms with E-state index in [0.717, 1.165) is 17.5 Å². The van der Waals surface area contributed by atoms with Crippen LogP contribution in [0.3, 0.4) is 0 Å². The van der Waals surface area contributed by atoms with Gasteiger partial charge in [0.05, 0.1) is 6.20 Å². The average Bonchev–Trinajstić information content (AvgIpc) is 2.45. The summed E-state index contributed by atoms with van der Waals surface area (Å²) in [5.41, 5.74) is 5.51. The standard InChI is InChI=1S/C6H7N3OS/c7-4-3-8-6-9(5(4)10)1-2-11-6/h3H,1-2,7H2. The maximum absolute atomic E-state index is 11.2. The molecule has 0 saturated heterocycles. The lowest BCUT2D eigenvalue weighted by atomic mass is 10.5. The molecule has 2 N–H and O–H groups in total. The molecule has 2 heterocycles. The molecule has 0 bridgehead atoms. The third-order valence-corrected chi connectivity index (χ3v) is 2.55. The molecule has 0 radical (unpaired) electrons. The van der Waals surface area contributed by atoms with E-state index in [-0.39, 0.29) is 11.2 Å². The zero-order valence-electron chi connectivity index (χ0n) is 5.78. The molecule has 5 heteroatoms. The molecule has 2 rings (SSSR count). The minimum atomic E-state index is -0.111. The van der Waals surface area contributed by atoms with E-state index in [0.29, 0.717) is 0 Å². The van der Waals surface area contributed by atoms with E-state index in [4.69, 9.17) is 5.73 Å². The van der Waals surface area contributed by atoms with Crippen LogP contribution in [0.25, 0.3) is 0 Å². The number of aromatic nitrogens is 2. The molecule has 58 valence electrons. The van der Waals surface area contributed by atoms with Gasteiger partial charge in [-0.05, 0) is 0 Å². The summed E-state index contributed by atoms with van der Waals surface area (Å²) >= 11 is 1.59. The summed E-state index contributed by atoms with van der Waals surface area (Å²) in [7, 11) is 0. The number of hydrogen-bond acceptors (Lipinski definition) is 4. The summed E-state index contributed by atoms with van der Waals surface area (Å²) in [5, 5.41) is 0.782. The number of nitrogens with zero attached hydrogens (tertiary/aromatic N) is 2. The zero-order valence-corrected chi connectivity index (χ0v) is 6.60. The largest absolute Gasteiger partial charge is 0.393 e. The Hall–Kier alpha value is -0.970. The second kappa shape index (κ2) is 2.27. The van der Waals surface area contributed by atoms with Crippen LogP contribution < -0.4 is 11.3 Å². The number of rotatable bonds is 0. The molecular formula is C6H7N3OS. The van der Waals surface area contributed by atoms with Gasteiger partial charge in [0.15, 0.2) is 5.16 Å². The first-order chi connectivity index (χ1) is 5.29. The Morgan fingerprint density at radius 3 is 3.36 bits per heavy atom. The number of hydrogen-bond donors (Lipinski definition) is 1. The van der Waals surface area contributed by atoms with Gasteiger partial charge in [0.1, 0.15) is 5.69 Å². The van der Waals surface area contributed by atoms with Gasteiger partial charge in [-0.15, -0.1) is 0 Å². The molecule has 0 aliphatic carbocycles. The number of fused-ring (bicyclic) bond motifs is 1. The molecule has 0 atom stereocenters. The van der Waals surface area contributed by atoms with Crippen LogP contribution in [-0.2, 0) is 6.54 Å². The topological polar surface area (TPSA) is 60.9 Å². The highest BCUT2D eigenvalue weighted by molar-refractivity contribution is 7.99. The Kier molecular flexibility index (Phi) is 1.38. The maximum atomic E-state index is 11.2. The quantitative estimate of drug-likeness (QED) is 0.552. The van der Waals surface area contributed by atoms with Crippen molar-refractivity contribution in [2.45, 2.75) is 11.7 Å². The molecule has 0 aromatic carbocycles. The Bertz CT molecular complexity index is 346. The fourth-order valence-corrected chi connectivity index (χ4v) is 1.95. The van der Waals surface area contributed by atoms with Crippen molar-refractivity contribution in [2.24, 2.45) is 0 Å². The molecule has 1 aromatic rings. The lowest BCUT2D eigenvalue weighted by molar-refractivity contribution is 0.659. The molecule has 1 aliphatic heterocycles. The highest BCUT2D eigenvalue weighted by Gasteiger charge is 2.14. The predicted molar refractivity (Wildman–Crippen MR) is 43.6 cm³/mol. The van der Waals surface area contributed by atoms with Gasteiger partial charge in [0.2, 0.25) is 0 Å². The van der Waals surface area contributed by atoms with Gasteiger partial charge in [-0.25, -0.2) is 4.98 Å². The third-order valence-electron chi connectivity index (χ3n) is 1.58. The van der Waals surface area contributed by atoms with E-state index < -0.39 is 0 Å². The van der Waals surface area contributed by atoms with Crippen LogP contribution in [0.2, 0.25) is 0 Å². The molecule has 0 saturated carbocycles. The number of anilines is 1. The highest BCUT2D eigenvalue weighted by atomic mass is 32.2. The molecule has 1 aromatic heterocycles. The smallest absolute Gasteiger partial charge is 0.277 e. The van der Waals surface area contributed by atoms with Crippen LogP contribution in [0.1, 0.15) is 0 Å². The summed E-state index contributed by atoms with van der Waals surface area (Å²) in [6.07, 6.45) is 1.42. The monoisotopic (exact) mass is 169 g/mol. The summed E-state index contributed by atoms with van der Waals surface area (Å²) in [6.45, 7) is 0.733. The van der Waals surface area contributed by atoms with Gasteiger partial charge in [0.25, 0.3) is 5.56 Å². The molecule has 0 fully saturated rings. The number of nitrogens with two attached hydrogens (primary N) is 1. The van der Waals surface area contributed by atoms with Crippen molar-refractivity contribution in [3.63, 3.8) is 0 Å². The van der Waals surface area contributed by atoms with Gasteiger partial charge in [-0.2, -0.15) is 0 Å². The highest BCUT2D eigenvalue weighted by Crippen LogP contribution is 2.20. The van der Waals surface area contributed by atoms with Crippen LogP contribution in [0.4, 0.5) is 5.69 Å². The Morgan fingerprint density at radius 1 is 1.73 bits per heavy atom. The average molecular weight is 169 g/mol. The van der Waals surface area contributed by atoms with E-state index >= 15 is 0 Å². The van der Waals surface area contributed by atoms with Crippen LogP contribution in [0.5, 0.6) is 0 Å². The summed E-state index contributed by atoms with van der Waals surface area (Å²) < 4.78 is 1.61. The number of thioether (sulfide) groups is 1. The Morgan fingerprint density at radius 2 is 2.55 bits per heavy atom. The maximum Gasteiger partial charge on any atom is 0.277 e. The second-order valence-corrected chi connectivity index (χ2v) is 3.36. The minimum absolute atomic E-state index is 0.111. The van der Waals surface area contributed by atoms with Gasteiger partial charge < -0.3 is 5.73 Å². The van der Waals surface area contributed by atoms with Crippen molar-refractivity contribution >= 4 is 17.4 Å². The second-order valence-electron chi connectivity index (χ2n) is 2.30. The molecule has 0 unspecified atom stereocenters. The molecule has 0 amide bonds. The van der Waals surface area contributed by atoms with E-state index in [1.165, 1.54) is 6.20 Å². The van der Waals surface area contributed by atoms with Crippen molar-refractivity contribution in [3.05, 3.63) is 16.6 Å². The summed E-state index contributed by atoms with van der Waals surface area (Å²) in [4.78, 5) is 15.3. The van der Waals surface area contributed by atoms with Crippen molar-refractivity contribution in [2.75, 3.05) is 11.5 Å². The first-order valence-corrected chi connectivity index (χ1v) is 4.26. The van der Waals surface area contributed by atoms with E-state index in [1.807, 2.05) is 0 Å². The predicted octanol–water partition coefficient (Wildman–Crippen LogP) is -0.0688. The normalized spacial score (nSPS) is 14.9. The molecule has 11 heavy (non-hydrogen) atoms. The summed E-state index contributed by atoms with van der Waals surface area (Å²) in [6, 6.07) is 0. The molecule has 0 spiro atoms. The molecular weight excluding hydrogens is 162 g/mol. The van der Waals surface area contributed by atoms with Crippen molar-refractivity contribution < 1.29 is 0 Å². The van der Waals surface area contributed by atoms with Gasteiger partial charge >= 0.3 is 0 Å². The lowest BCUT2D eigenvalue weighted by Crippen LogP contribution is -2.22. The zero-order chi connectivity index (χ0) is 7.84. The van der Waals surface area contributed by atoms with Crippen LogP contribution >= 0.6 is 11.8 Å². The summed E-state index contributed by atoms with van der Waals surface area (Å²) in [5.74, 6) is 0.922. The van der Waals surface area contributed by atoms with Gasteiger partial charge in [-0.3, -0.25) is 9.36 Å². The fraction of sp³-hybridized carbons (Fsp3) is 0.333. The van der Waals surface area contributed by atoms with Gasteiger partial charge in [0, 0.05) is 12.3 Å². The van der Waals surface area contributed by atoms with E-state index in [9.17, 15) is 4.79 Å². The van der Waals surface area contributed by atoms with Gasteiger partial charge in [-0.1, -0.05) is 11.8 Å². The van der Waals surface area contributed by atoms with E-state index in [2.05, 4.69) is 4.98 Å². The van der Waals surface area contributed by atoms with Crippen LogP contribution in [0, 0.1) is 0 Å². The SMILES string of the molecule is Nc1cnc2n(c1=O)CCS2.